The molecule has 1 aliphatic heterocycles. The molecule has 4 nitrogen and oxygen atoms in total. The largest absolute Gasteiger partial charge is 0.350 e. The van der Waals surface area contributed by atoms with Crippen molar-refractivity contribution < 1.29 is 14.0 Å². The average Bonchev–Trinajstić information content (AvgIpc) is 2.95. The molecule has 3 aromatic carbocycles. The lowest BCUT2D eigenvalue weighted by molar-refractivity contribution is -0.120. The highest BCUT2D eigenvalue weighted by Crippen LogP contribution is 2.34. The fourth-order valence-electron chi connectivity index (χ4n) is 3.35. The smallest absolute Gasteiger partial charge is 0.282 e. The summed E-state index contributed by atoms with van der Waals surface area (Å²) in [5.74, 6) is -1.38. The summed E-state index contributed by atoms with van der Waals surface area (Å²) in [6.07, 6.45) is 0. The first-order valence-electron chi connectivity index (χ1n) is 9.34. The Morgan fingerprint density at radius 2 is 1.60 bits per heavy atom. The number of imide groups is 1. The molecule has 0 atom stereocenters. The van der Waals surface area contributed by atoms with Crippen LogP contribution >= 0.6 is 15.9 Å². The maximum atomic E-state index is 13.4. The number of hydrogen-bond donors (Lipinski definition) is 1. The maximum absolute atomic E-state index is 13.4. The number of amides is 2. The number of rotatable bonds is 4. The van der Waals surface area contributed by atoms with E-state index < -0.39 is 17.6 Å². The number of anilines is 2. The van der Waals surface area contributed by atoms with Crippen LogP contribution in [0.25, 0.3) is 5.57 Å². The van der Waals surface area contributed by atoms with E-state index in [0.29, 0.717) is 16.9 Å². The summed E-state index contributed by atoms with van der Waals surface area (Å²) in [4.78, 5) is 27.7. The third kappa shape index (κ3) is 3.66. The molecule has 1 aliphatic rings. The van der Waals surface area contributed by atoms with Crippen LogP contribution in [0.5, 0.6) is 0 Å². The third-order valence-electron chi connectivity index (χ3n) is 5.06. The SMILES string of the molecule is Cc1ccc(C2=C(Nc3cccc(Br)c3)C(=O)N(c3ccc(F)cc3)C2=O)cc1C. The third-order valence-corrected chi connectivity index (χ3v) is 5.55. The van der Waals surface area contributed by atoms with E-state index in [2.05, 4.69) is 21.2 Å². The predicted octanol–water partition coefficient (Wildman–Crippen LogP) is 5.60. The van der Waals surface area contributed by atoms with Gasteiger partial charge in [-0.15, -0.1) is 0 Å². The highest BCUT2D eigenvalue weighted by atomic mass is 79.9. The number of aryl methyl sites for hydroxylation is 2. The summed E-state index contributed by atoms with van der Waals surface area (Å²) in [7, 11) is 0. The quantitative estimate of drug-likeness (QED) is 0.511. The molecule has 1 N–H and O–H groups in total. The second-order valence-electron chi connectivity index (χ2n) is 7.11. The first kappa shape index (κ1) is 20.0. The van der Waals surface area contributed by atoms with E-state index in [-0.39, 0.29) is 11.3 Å². The molecular weight excluding hydrogens is 447 g/mol. The second kappa shape index (κ2) is 7.88. The molecule has 30 heavy (non-hydrogen) atoms. The van der Waals surface area contributed by atoms with Crippen molar-refractivity contribution in [2.75, 3.05) is 10.2 Å². The number of carbonyl (C=O) groups excluding carboxylic acids is 2. The van der Waals surface area contributed by atoms with Gasteiger partial charge < -0.3 is 5.32 Å². The van der Waals surface area contributed by atoms with Crippen LogP contribution in [0.15, 0.2) is 76.9 Å². The van der Waals surface area contributed by atoms with Crippen LogP contribution in [0.3, 0.4) is 0 Å². The zero-order valence-electron chi connectivity index (χ0n) is 16.4. The summed E-state index contributed by atoms with van der Waals surface area (Å²) in [6.45, 7) is 3.94. The molecule has 0 aromatic heterocycles. The van der Waals surface area contributed by atoms with Crippen LogP contribution in [0.2, 0.25) is 0 Å². The van der Waals surface area contributed by atoms with Crippen molar-refractivity contribution in [1.29, 1.82) is 0 Å². The van der Waals surface area contributed by atoms with Crippen molar-refractivity contribution >= 4 is 44.7 Å². The van der Waals surface area contributed by atoms with E-state index in [1.165, 1.54) is 24.3 Å². The minimum Gasteiger partial charge on any atom is -0.350 e. The van der Waals surface area contributed by atoms with Crippen LogP contribution in [0.4, 0.5) is 15.8 Å². The Hall–Kier alpha value is -3.25. The van der Waals surface area contributed by atoms with E-state index in [9.17, 15) is 14.0 Å². The molecule has 0 radical (unpaired) electrons. The van der Waals surface area contributed by atoms with E-state index in [1.807, 2.05) is 56.3 Å². The number of halogens is 2. The highest BCUT2D eigenvalue weighted by Gasteiger charge is 2.40. The Kier molecular flexibility index (Phi) is 5.26. The van der Waals surface area contributed by atoms with Gasteiger partial charge in [0.05, 0.1) is 11.3 Å². The topological polar surface area (TPSA) is 49.4 Å². The van der Waals surface area contributed by atoms with Crippen molar-refractivity contribution in [3.63, 3.8) is 0 Å². The van der Waals surface area contributed by atoms with Crippen molar-refractivity contribution in [2.24, 2.45) is 0 Å². The van der Waals surface area contributed by atoms with Crippen LogP contribution in [0.1, 0.15) is 16.7 Å². The van der Waals surface area contributed by atoms with Gasteiger partial charge >= 0.3 is 0 Å². The lowest BCUT2D eigenvalue weighted by Gasteiger charge is -2.15. The van der Waals surface area contributed by atoms with E-state index in [4.69, 9.17) is 0 Å². The number of nitrogens with one attached hydrogen (secondary N) is 1. The standard InChI is InChI=1S/C24H18BrFN2O2/c1-14-6-7-16(12-15(14)2)21-22(27-19-5-3-4-17(25)13-19)24(30)28(23(21)29)20-10-8-18(26)9-11-20/h3-13,27H,1-2H3. The van der Waals surface area contributed by atoms with Gasteiger partial charge in [0, 0.05) is 10.2 Å². The summed E-state index contributed by atoms with van der Waals surface area (Å²) >= 11 is 3.42. The summed E-state index contributed by atoms with van der Waals surface area (Å²) in [5, 5.41) is 3.12. The van der Waals surface area contributed by atoms with Gasteiger partial charge in [0.2, 0.25) is 0 Å². The number of hydrogen-bond acceptors (Lipinski definition) is 3. The van der Waals surface area contributed by atoms with Crippen molar-refractivity contribution in [1.82, 2.24) is 0 Å². The zero-order valence-corrected chi connectivity index (χ0v) is 18.0. The van der Waals surface area contributed by atoms with Crippen molar-refractivity contribution in [3.8, 4) is 0 Å². The molecule has 0 spiro atoms. The molecule has 0 saturated heterocycles. The maximum Gasteiger partial charge on any atom is 0.282 e. The second-order valence-corrected chi connectivity index (χ2v) is 8.02. The molecular formula is C24H18BrFN2O2. The first-order valence-corrected chi connectivity index (χ1v) is 10.1. The van der Waals surface area contributed by atoms with Gasteiger partial charge in [-0.2, -0.15) is 0 Å². The molecule has 3 aromatic rings. The summed E-state index contributed by atoms with van der Waals surface area (Å²) in [6, 6.07) is 18.3. The Labute approximate surface area is 182 Å². The minimum atomic E-state index is -0.486. The Bertz CT molecular complexity index is 1200. The summed E-state index contributed by atoms with van der Waals surface area (Å²) < 4.78 is 14.2. The normalized spacial score (nSPS) is 13.9. The molecule has 2 amide bonds. The van der Waals surface area contributed by atoms with Crippen LogP contribution in [-0.2, 0) is 9.59 Å². The summed E-state index contributed by atoms with van der Waals surface area (Å²) in [5.41, 5.74) is 4.22. The Morgan fingerprint density at radius 3 is 2.27 bits per heavy atom. The first-order chi connectivity index (χ1) is 14.3. The van der Waals surface area contributed by atoms with Crippen molar-refractivity contribution in [3.05, 3.63) is 99.4 Å². The number of carbonyl (C=O) groups is 2. The van der Waals surface area contributed by atoms with Gasteiger partial charge in [0.1, 0.15) is 11.5 Å². The lowest BCUT2D eigenvalue weighted by atomic mass is 9.99. The number of benzene rings is 3. The monoisotopic (exact) mass is 464 g/mol. The predicted molar refractivity (Wildman–Crippen MR) is 119 cm³/mol. The van der Waals surface area contributed by atoms with Crippen LogP contribution in [0, 0.1) is 19.7 Å². The molecule has 1 heterocycles. The molecule has 0 fully saturated rings. The van der Waals surface area contributed by atoms with Gasteiger partial charge in [0.15, 0.2) is 0 Å². The fraction of sp³-hybridized carbons (Fsp3) is 0.0833. The van der Waals surface area contributed by atoms with Gasteiger partial charge in [-0.25, -0.2) is 9.29 Å². The molecule has 6 heteroatoms. The molecule has 4 rings (SSSR count). The van der Waals surface area contributed by atoms with Crippen molar-refractivity contribution in [2.45, 2.75) is 13.8 Å². The minimum absolute atomic E-state index is 0.186. The number of nitrogens with zero attached hydrogens (tertiary/aromatic N) is 1. The molecule has 0 saturated carbocycles. The van der Waals surface area contributed by atoms with Gasteiger partial charge in [0.25, 0.3) is 11.8 Å². The fourth-order valence-corrected chi connectivity index (χ4v) is 3.74. The van der Waals surface area contributed by atoms with Gasteiger partial charge in [-0.3, -0.25) is 9.59 Å². The lowest BCUT2D eigenvalue weighted by Crippen LogP contribution is -2.32. The van der Waals surface area contributed by atoms with Crippen LogP contribution < -0.4 is 10.2 Å². The van der Waals surface area contributed by atoms with E-state index >= 15 is 0 Å². The Balaban J connectivity index is 1.84. The van der Waals surface area contributed by atoms with Crippen LogP contribution in [-0.4, -0.2) is 11.8 Å². The van der Waals surface area contributed by atoms with Gasteiger partial charge in [-0.05, 0) is 73.0 Å². The molecule has 0 bridgehead atoms. The highest BCUT2D eigenvalue weighted by molar-refractivity contribution is 9.10. The zero-order chi connectivity index (χ0) is 21.4. The molecule has 150 valence electrons. The van der Waals surface area contributed by atoms with E-state index in [1.54, 1.807) is 0 Å². The Morgan fingerprint density at radius 1 is 0.867 bits per heavy atom. The van der Waals surface area contributed by atoms with Gasteiger partial charge in [-0.1, -0.05) is 40.2 Å². The molecule has 0 unspecified atom stereocenters. The molecule has 0 aliphatic carbocycles. The van der Waals surface area contributed by atoms with E-state index in [0.717, 1.165) is 20.5 Å². The average molecular weight is 465 g/mol.